The van der Waals surface area contributed by atoms with Crippen LogP contribution in [-0.2, 0) is 0 Å². The molecule has 0 amide bonds. The molecule has 96 valence electrons. The van der Waals surface area contributed by atoms with E-state index in [1.165, 1.54) is 6.07 Å². The Morgan fingerprint density at radius 1 is 1.26 bits per heavy atom. The summed E-state index contributed by atoms with van der Waals surface area (Å²) in [6.07, 6.45) is 0. The zero-order chi connectivity index (χ0) is 13.8. The van der Waals surface area contributed by atoms with Crippen LogP contribution in [0.5, 0.6) is 0 Å². The molecule has 0 fully saturated rings. The Balaban J connectivity index is 2.23. The van der Waals surface area contributed by atoms with Gasteiger partial charge in [0.2, 0.25) is 0 Å². The molecule has 1 atom stereocenters. The Bertz CT molecular complexity index is 634. The molecule has 0 saturated carbocycles. The fourth-order valence-corrected chi connectivity index (χ4v) is 1.99. The summed E-state index contributed by atoms with van der Waals surface area (Å²) < 4.78 is 13.1. The first kappa shape index (κ1) is 13.4. The van der Waals surface area contributed by atoms with Crippen LogP contribution in [0.15, 0.2) is 42.5 Å². The van der Waals surface area contributed by atoms with Crippen molar-refractivity contribution in [2.75, 3.05) is 5.32 Å². The Morgan fingerprint density at radius 3 is 2.68 bits per heavy atom. The number of anilines is 1. The normalized spacial score (nSPS) is 11.7. The minimum Gasteiger partial charge on any atom is -0.377 e. The molecule has 2 nitrogen and oxygen atoms in total. The Labute approximate surface area is 116 Å². The molecule has 0 heterocycles. The van der Waals surface area contributed by atoms with Crippen molar-refractivity contribution in [3.63, 3.8) is 0 Å². The predicted octanol–water partition coefficient (Wildman–Crippen LogP) is 4.52. The molecule has 0 spiro atoms. The maximum Gasteiger partial charge on any atom is 0.141 e. The van der Waals surface area contributed by atoms with E-state index >= 15 is 0 Å². The van der Waals surface area contributed by atoms with Crippen molar-refractivity contribution in [1.29, 1.82) is 5.26 Å². The van der Waals surface area contributed by atoms with E-state index in [4.69, 9.17) is 16.9 Å². The van der Waals surface area contributed by atoms with E-state index in [9.17, 15) is 4.39 Å². The van der Waals surface area contributed by atoms with Crippen molar-refractivity contribution in [3.05, 3.63) is 64.4 Å². The average Bonchev–Trinajstić information content (AvgIpc) is 2.42. The third-order valence-electron chi connectivity index (χ3n) is 2.86. The van der Waals surface area contributed by atoms with E-state index in [1.54, 1.807) is 18.2 Å². The molecule has 1 unspecified atom stereocenters. The maximum atomic E-state index is 13.1. The van der Waals surface area contributed by atoms with Gasteiger partial charge in [0, 0.05) is 6.04 Å². The monoisotopic (exact) mass is 274 g/mol. The highest BCUT2D eigenvalue weighted by Gasteiger charge is 2.10. The number of benzene rings is 2. The summed E-state index contributed by atoms with van der Waals surface area (Å²) in [6.45, 7) is 1.93. The SMILES string of the molecule is CC(Nc1ccccc1C#N)c1ccc(F)c(Cl)c1. The van der Waals surface area contributed by atoms with Crippen LogP contribution in [0.4, 0.5) is 10.1 Å². The van der Waals surface area contributed by atoms with E-state index in [0.717, 1.165) is 11.3 Å². The van der Waals surface area contributed by atoms with Crippen LogP contribution in [0.25, 0.3) is 0 Å². The lowest BCUT2D eigenvalue weighted by Gasteiger charge is -2.17. The van der Waals surface area contributed by atoms with Gasteiger partial charge in [-0.1, -0.05) is 29.8 Å². The lowest BCUT2D eigenvalue weighted by atomic mass is 10.1. The average molecular weight is 275 g/mol. The summed E-state index contributed by atoms with van der Waals surface area (Å²) in [5.41, 5.74) is 2.18. The molecule has 19 heavy (non-hydrogen) atoms. The second-order valence-electron chi connectivity index (χ2n) is 4.20. The fourth-order valence-electron chi connectivity index (χ4n) is 1.80. The van der Waals surface area contributed by atoms with Crippen molar-refractivity contribution in [1.82, 2.24) is 0 Å². The summed E-state index contributed by atoms with van der Waals surface area (Å²) in [6, 6.07) is 13.9. The van der Waals surface area contributed by atoms with E-state index in [1.807, 2.05) is 25.1 Å². The predicted molar refractivity (Wildman–Crippen MR) is 74.6 cm³/mol. The molecule has 2 rings (SSSR count). The first-order chi connectivity index (χ1) is 9.11. The minimum absolute atomic E-state index is 0.0763. The summed E-state index contributed by atoms with van der Waals surface area (Å²) in [5, 5.41) is 12.3. The molecule has 1 N–H and O–H groups in total. The number of nitrogens with zero attached hydrogens (tertiary/aromatic N) is 1. The quantitative estimate of drug-likeness (QED) is 0.893. The Hall–Kier alpha value is -2.05. The number of halogens is 2. The standard InChI is InChI=1S/C15H12ClFN2/c1-10(11-6-7-14(17)13(16)8-11)19-15-5-3-2-4-12(15)9-18/h2-8,10,19H,1H3. The first-order valence-electron chi connectivity index (χ1n) is 5.82. The largest absolute Gasteiger partial charge is 0.377 e. The summed E-state index contributed by atoms with van der Waals surface area (Å²) >= 11 is 5.76. The van der Waals surface area contributed by atoms with E-state index in [2.05, 4.69) is 11.4 Å². The van der Waals surface area contributed by atoms with Crippen LogP contribution < -0.4 is 5.32 Å². The highest BCUT2D eigenvalue weighted by atomic mass is 35.5. The lowest BCUT2D eigenvalue weighted by molar-refractivity contribution is 0.627. The van der Waals surface area contributed by atoms with Gasteiger partial charge in [0.1, 0.15) is 11.9 Å². The van der Waals surface area contributed by atoms with Gasteiger partial charge in [0.05, 0.1) is 16.3 Å². The second kappa shape index (κ2) is 5.73. The maximum absolute atomic E-state index is 13.1. The Morgan fingerprint density at radius 2 is 2.00 bits per heavy atom. The molecule has 2 aromatic carbocycles. The molecule has 0 bridgehead atoms. The molecule has 0 saturated heterocycles. The van der Waals surface area contributed by atoms with Crippen molar-refractivity contribution < 1.29 is 4.39 Å². The number of hydrogen-bond donors (Lipinski definition) is 1. The van der Waals surface area contributed by atoms with Crippen LogP contribution in [0.1, 0.15) is 24.1 Å². The van der Waals surface area contributed by atoms with E-state index < -0.39 is 5.82 Å². The lowest BCUT2D eigenvalue weighted by Crippen LogP contribution is -2.07. The molecule has 0 radical (unpaired) electrons. The van der Waals surface area contributed by atoms with Gasteiger partial charge in [0.15, 0.2) is 0 Å². The van der Waals surface area contributed by atoms with Crippen LogP contribution in [0, 0.1) is 17.1 Å². The topological polar surface area (TPSA) is 35.8 Å². The van der Waals surface area contributed by atoms with E-state index in [0.29, 0.717) is 5.56 Å². The summed E-state index contributed by atoms with van der Waals surface area (Å²) in [5.74, 6) is -0.435. The Kier molecular flexibility index (Phi) is 4.03. The van der Waals surface area contributed by atoms with Gasteiger partial charge in [-0.25, -0.2) is 4.39 Å². The molecule has 4 heteroatoms. The van der Waals surface area contributed by atoms with Gasteiger partial charge >= 0.3 is 0 Å². The molecular formula is C15H12ClFN2. The van der Waals surface area contributed by atoms with Crippen molar-refractivity contribution in [3.8, 4) is 6.07 Å². The minimum atomic E-state index is -0.435. The molecule has 0 aromatic heterocycles. The van der Waals surface area contributed by atoms with Gasteiger partial charge < -0.3 is 5.32 Å². The third kappa shape index (κ3) is 3.04. The van der Waals surface area contributed by atoms with Crippen molar-refractivity contribution in [2.45, 2.75) is 13.0 Å². The first-order valence-corrected chi connectivity index (χ1v) is 6.20. The highest BCUT2D eigenvalue weighted by molar-refractivity contribution is 6.30. The van der Waals surface area contributed by atoms with Gasteiger partial charge in [-0.05, 0) is 36.8 Å². The number of nitriles is 1. The van der Waals surface area contributed by atoms with Crippen LogP contribution in [0.2, 0.25) is 5.02 Å². The van der Waals surface area contributed by atoms with Gasteiger partial charge in [-0.3, -0.25) is 0 Å². The van der Waals surface area contributed by atoms with Crippen molar-refractivity contribution >= 4 is 17.3 Å². The zero-order valence-electron chi connectivity index (χ0n) is 10.3. The second-order valence-corrected chi connectivity index (χ2v) is 4.60. The van der Waals surface area contributed by atoms with Gasteiger partial charge in [-0.15, -0.1) is 0 Å². The molecule has 2 aromatic rings. The smallest absolute Gasteiger partial charge is 0.141 e. The molecular weight excluding hydrogens is 263 g/mol. The molecule has 0 aliphatic rings. The number of nitrogens with one attached hydrogen (secondary N) is 1. The van der Waals surface area contributed by atoms with Crippen LogP contribution >= 0.6 is 11.6 Å². The van der Waals surface area contributed by atoms with Gasteiger partial charge in [0.25, 0.3) is 0 Å². The number of hydrogen-bond acceptors (Lipinski definition) is 2. The zero-order valence-corrected chi connectivity index (χ0v) is 11.1. The summed E-state index contributed by atoms with van der Waals surface area (Å²) in [7, 11) is 0. The number of rotatable bonds is 3. The molecule has 0 aliphatic carbocycles. The van der Waals surface area contributed by atoms with E-state index in [-0.39, 0.29) is 11.1 Å². The van der Waals surface area contributed by atoms with Gasteiger partial charge in [-0.2, -0.15) is 5.26 Å². The van der Waals surface area contributed by atoms with Crippen LogP contribution in [0.3, 0.4) is 0 Å². The third-order valence-corrected chi connectivity index (χ3v) is 3.15. The van der Waals surface area contributed by atoms with Crippen LogP contribution in [-0.4, -0.2) is 0 Å². The summed E-state index contributed by atoms with van der Waals surface area (Å²) in [4.78, 5) is 0. The highest BCUT2D eigenvalue weighted by Crippen LogP contribution is 2.25. The number of para-hydroxylation sites is 1. The molecule has 0 aliphatic heterocycles. The van der Waals surface area contributed by atoms with Crippen molar-refractivity contribution in [2.24, 2.45) is 0 Å². The fraction of sp³-hybridized carbons (Fsp3) is 0.133.